The summed E-state index contributed by atoms with van der Waals surface area (Å²) < 4.78 is 56.7. The van der Waals surface area contributed by atoms with Crippen molar-refractivity contribution in [1.29, 1.82) is 0 Å². The van der Waals surface area contributed by atoms with E-state index in [0.29, 0.717) is 0 Å². The Morgan fingerprint density at radius 1 is 1.13 bits per heavy atom. The van der Waals surface area contributed by atoms with Crippen LogP contribution in [0.2, 0.25) is 0 Å². The molecule has 0 atom stereocenters. The first-order valence-electron chi connectivity index (χ1n) is 6.59. The quantitative estimate of drug-likeness (QED) is 0.868. The number of methoxy groups -OCH3 is 1. The van der Waals surface area contributed by atoms with Gasteiger partial charge in [0.25, 0.3) is 5.91 Å². The Morgan fingerprint density at radius 2 is 1.78 bits per heavy atom. The number of carbonyl (C=O) groups is 1. The van der Waals surface area contributed by atoms with E-state index in [4.69, 9.17) is 4.74 Å². The van der Waals surface area contributed by atoms with Crippen molar-refractivity contribution in [1.82, 2.24) is 5.32 Å². The lowest BCUT2D eigenvalue weighted by molar-refractivity contribution is -0.138. The van der Waals surface area contributed by atoms with Crippen LogP contribution in [0.3, 0.4) is 0 Å². The monoisotopic (exact) mass is 327 g/mol. The van der Waals surface area contributed by atoms with Crippen molar-refractivity contribution in [2.45, 2.75) is 12.7 Å². The number of ether oxygens (including phenoxy) is 1. The van der Waals surface area contributed by atoms with Crippen molar-refractivity contribution in [3.63, 3.8) is 0 Å². The highest BCUT2D eigenvalue weighted by molar-refractivity contribution is 5.94. The number of hydrogen-bond donors (Lipinski definition) is 1. The Kier molecular flexibility index (Phi) is 4.88. The Hall–Kier alpha value is -2.57. The van der Waals surface area contributed by atoms with Gasteiger partial charge < -0.3 is 10.1 Å². The minimum absolute atomic E-state index is 0.0749. The SMILES string of the molecule is COc1ccc(CNC(=O)c2ccc(F)cc2)c(C(F)(F)F)c1. The predicted octanol–water partition coefficient (Wildman–Crippen LogP) is 3.78. The lowest BCUT2D eigenvalue weighted by atomic mass is 10.1. The Balaban J connectivity index is 2.16. The van der Waals surface area contributed by atoms with Gasteiger partial charge >= 0.3 is 6.18 Å². The van der Waals surface area contributed by atoms with Gasteiger partial charge in [0.1, 0.15) is 11.6 Å². The molecule has 2 aromatic rings. The maximum atomic E-state index is 13.0. The number of hydrogen-bond acceptors (Lipinski definition) is 2. The van der Waals surface area contributed by atoms with Crippen LogP contribution in [0.25, 0.3) is 0 Å². The number of benzene rings is 2. The first kappa shape index (κ1) is 16.8. The third-order valence-electron chi connectivity index (χ3n) is 3.17. The molecule has 0 unspecified atom stereocenters. The van der Waals surface area contributed by atoms with Gasteiger partial charge in [-0.05, 0) is 42.0 Å². The number of rotatable bonds is 4. The summed E-state index contributed by atoms with van der Waals surface area (Å²) in [6, 6.07) is 8.21. The van der Waals surface area contributed by atoms with Gasteiger partial charge in [0, 0.05) is 12.1 Å². The zero-order chi connectivity index (χ0) is 17.0. The fourth-order valence-electron chi connectivity index (χ4n) is 1.98. The largest absolute Gasteiger partial charge is 0.497 e. The third kappa shape index (κ3) is 4.21. The van der Waals surface area contributed by atoms with Crippen LogP contribution in [-0.2, 0) is 12.7 Å². The molecule has 0 saturated carbocycles. The second-order valence-electron chi connectivity index (χ2n) is 4.71. The van der Waals surface area contributed by atoms with Gasteiger partial charge in [-0.3, -0.25) is 4.79 Å². The minimum atomic E-state index is -4.57. The third-order valence-corrected chi connectivity index (χ3v) is 3.17. The minimum Gasteiger partial charge on any atom is -0.497 e. The van der Waals surface area contributed by atoms with Gasteiger partial charge in [-0.25, -0.2) is 4.39 Å². The van der Waals surface area contributed by atoms with E-state index in [1.807, 2.05) is 0 Å². The first-order chi connectivity index (χ1) is 10.8. The molecule has 0 radical (unpaired) electrons. The van der Waals surface area contributed by atoms with E-state index in [1.165, 1.54) is 31.4 Å². The van der Waals surface area contributed by atoms with Gasteiger partial charge in [-0.2, -0.15) is 13.2 Å². The standard InChI is InChI=1S/C16H13F4NO2/c1-23-13-7-4-11(14(8-13)16(18,19)20)9-21-15(22)10-2-5-12(17)6-3-10/h2-8H,9H2,1H3,(H,21,22). The number of nitrogens with one attached hydrogen (secondary N) is 1. The molecule has 0 aliphatic carbocycles. The highest BCUT2D eigenvalue weighted by atomic mass is 19.4. The zero-order valence-electron chi connectivity index (χ0n) is 12.1. The summed E-state index contributed by atoms with van der Waals surface area (Å²) in [4.78, 5) is 11.9. The Bertz CT molecular complexity index is 696. The fraction of sp³-hybridized carbons (Fsp3) is 0.188. The molecule has 0 heterocycles. The van der Waals surface area contributed by atoms with E-state index in [9.17, 15) is 22.4 Å². The molecule has 1 N–H and O–H groups in total. The number of halogens is 4. The van der Waals surface area contributed by atoms with E-state index in [0.717, 1.165) is 18.2 Å². The second kappa shape index (κ2) is 6.68. The molecule has 7 heteroatoms. The molecule has 0 aromatic heterocycles. The molecule has 1 amide bonds. The van der Waals surface area contributed by atoms with Crippen LogP contribution in [0.1, 0.15) is 21.5 Å². The van der Waals surface area contributed by atoms with Gasteiger partial charge in [0.05, 0.1) is 12.7 Å². The molecule has 3 nitrogen and oxygen atoms in total. The van der Waals surface area contributed by atoms with Crippen LogP contribution < -0.4 is 10.1 Å². The summed E-state index contributed by atoms with van der Waals surface area (Å²) in [5, 5.41) is 2.38. The zero-order valence-corrected chi connectivity index (χ0v) is 12.1. The predicted molar refractivity (Wildman–Crippen MR) is 75.6 cm³/mol. The van der Waals surface area contributed by atoms with E-state index < -0.39 is 23.5 Å². The average molecular weight is 327 g/mol. The van der Waals surface area contributed by atoms with Crippen molar-refractivity contribution < 1.29 is 27.1 Å². The van der Waals surface area contributed by atoms with E-state index in [-0.39, 0.29) is 23.4 Å². The molecule has 0 spiro atoms. The van der Waals surface area contributed by atoms with Gasteiger partial charge in [-0.1, -0.05) is 6.07 Å². The van der Waals surface area contributed by atoms with Crippen molar-refractivity contribution in [3.8, 4) is 5.75 Å². The molecule has 0 aliphatic rings. The van der Waals surface area contributed by atoms with Crippen LogP contribution in [-0.4, -0.2) is 13.0 Å². The summed E-state index contributed by atoms with van der Waals surface area (Å²) in [5.74, 6) is -1.02. The van der Waals surface area contributed by atoms with Crippen LogP contribution >= 0.6 is 0 Å². The highest BCUT2D eigenvalue weighted by Crippen LogP contribution is 2.34. The number of amides is 1. The molecular formula is C16H13F4NO2. The van der Waals surface area contributed by atoms with Crippen LogP contribution in [0.5, 0.6) is 5.75 Å². The van der Waals surface area contributed by atoms with Crippen molar-refractivity contribution in [2.75, 3.05) is 7.11 Å². The molecular weight excluding hydrogens is 314 g/mol. The van der Waals surface area contributed by atoms with Gasteiger partial charge in [0.15, 0.2) is 0 Å². The molecule has 0 fully saturated rings. The molecule has 23 heavy (non-hydrogen) atoms. The maximum absolute atomic E-state index is 13.0. The van der Waals surface area contributed by atoms with E-state index in [1.54, 1.807) is 0 Å². The van der Waals surface area contributed by atoms with Crippen LogP contribution in [0, 0.1) is 5.82 Å². The van der Waals surface area contributed by atoms with Crippen molar-refractivity contribution >= 4 is 5.91 Å². The molecule has 0 bridgehead atoms. The second-order valence-corrected chi connectivity index (χ2v) is 4.71. The van der Waals surface area contributed by atoms with Crippen molar-refractivity contribution in [3.05, 3.63) is 65.0 Å². The maximum Gasteiger partial charge on any atom is 0.416 e. The van der Waals surface area contributed by atoms with Gasteiger partial charge in [0.2, 0.25) is 0 Å². The number of carbonyl (C=O) groups excluding carboxylic acids is 1. The molecule has 0 aliphatic heterocycles. The normalized spacial score (nSPS) is 11.2. The average Bonchev–Trinajstić information content (AvgIpc) is 2.52. The Labute approximate surface area is 129 Å². The summed E-state index contributed by atoms with van der Waals surface area (Å²) in [5.41, 5.74) is -0.807. The lowest BCUT2D eigenvalue weighted by Gasteiger charge is -2.15. The molecule has 122 valence electrons. The smallest absolute Gasteiger partial charge is 0.416 e. The van der Waals surface area contributed by atoms with Gasteiger partial charge in [-0.15, -0.1) is 0 Å². The van der Waals surface area contributed by atoms with E-state index in [2.05, 4.69) is 5.32 Å². The van der Waals surface area contributed by atoms with Crippen LogP contribution in [0.4, 0.5) is 17.6 Å². The van der Waals surface area contributed by atoms with E-state index >= 15 is 0 Å². The summed E-state index contributed by atoms with van der Waals surface area (Å²) >= 11 is 0. The summed E-state index contributed by atoms with van der Waals surface area (Å²) in [6.45, 7) is -0.310. The van der Waals surface area contributed by atoms with Crippen molar-refractivity contribution in [2.24, 2.45) is 0 Å². The Morgan fingerprint density at radius 3 is 2.35 bits per heavy atom. The fourth-order valence-corrected chi connectivity index (χ4v) is 1.98. The molecule has 2 aromatic carbocycles. The topological polar surface area (TPSA) is 38.3 Å². The summed E-state index contributed by atoms with van der Waals surface area (Å²) in [6.07, 6.45) is -4.57. The van der Waals surface area contributed by atoms with Crippen LogP contribution in [0.15, 0.2) is 42.5 Å². The summed E-state index contributed by atoms with van der Waals surface area (Å²) in [7, 11) is 1.27. The highest BCUT2D eigenvalue weighted by Gasteiger charge is 2.33. The molecule has 2 rings (SSSR count). The first-order valence-corrected chi connectivity index (χ1v) is 6.59. The lowest BCUT2D eigenvalue weighted by Crippen LogP contribution is -2.24. The number of alkyl halides is 3. The molecule has 0 saturated heterocycles.